The van der Waals surface area contributed by atoms with E-state index in [1.807, 2.05) is 13.8 Å². The van der Waals surface area contributed by atoms with Gasteiger partial charge < -0.3 is 26.2 Å². The summed E-state index contributed by atoms with van der Waals surface area (Å²) in [4.78, 5) is 69.8. The quantitative estimate of drug-likeness (QED) is 0.142. The Bertz CT molecular complexity index is 1670. The summed E-state index contributed by atoms with van der Waals surface area (Å²) in [6, 6.07) is -4.76. The molecule has 4 N–H and O–H groups in total. The first-order chi connectivity index (χ1) is 23.8. The number of hydrogen-bond donors (Lipinski definition) is 4. The highest BCUT2D eigenvalue weighted by Gasteiger charge is 2.70. The van der Waals surface area contributed by atoms with Crippen LogP contribution in [-0.4, -0.2) is 110 Å². The number of hydrogen-bond acceptors (Lipinski definition) is 9. The van der Waals surface area contributed by atoms with E-state index in [0.717, 1.165) is 25.5 Å². The summed E-state index contributed by atoms with van der Waals surface area (Å²) in [5, 5.41) is 10.7. The fourth-order valence-corrected chi connectivity index (χ4v) is 9.94. The molecule has 52 heavy (non-hydrogen) atoms. The zero-order valence-corrected chi connectivity index (χ0v) is 33.6. The standard InChI is InChI=1S/C36H59N5O9S2/c1-10-18-37-30(44)27(42)24(19-22-14-15-22)38-29(43)26-25-23(34(25,5)6)20-41(26)31(45)28(35(7,8)51(9,47)48)39-32(46)40-36(16-12-11-13-17-36)21-52(49,50)33(2,3)4/h10,22-26,28H,1,11-21H2,2-9H3,(H,37,44)(H,38,43)(H2,39,40,46)/t23-,24?,25-,26-,28+/m0/s1. The first kappa shape index (κ1) is 41.7. The Morgan fingerprint density at radius 3 is 2.06 bits per heavy atom. The molecule has 3 saturated carbocycles. The Hall–Kier alpha value is -3.01. The molecule has 1 aliphatic heterocycles. The summed E-state index contributed by atoms with van der Waals surface area (Å²) < 4.78 is 50.2. The molecule has 14 nitrogen and oxygen atoms in total. The Morgan fingerprint density at radius 1 is 0.942 bits per heavy atom. The summed E-state index contributed by atoms with van der Waals surface area (Å²) in [6.45, 7) is 15.1. The second kappa shape index (κ2) is 14.7. The highest BCUT2D eigenvalue weighted by molar-refractivity contribution is 7.92. The number of likely N-dealkylation sites (tertiary alicyclic amines) is 1. The first-order valence-electron chi connectivity index (χ1n) is 18.3. The molecule has 1 unspecified atom stereocenters. The summed E-state index contributed by atoms with van der Waals surface area (Å²) in [7, 11) is -7.70. The van der Waals surface area contributed by atoms with Crippen molar-refractivity contribution >= 4 is 49.2 Å². The summed E-state index contributed by atoms with van der Waals surface area (Å²) >= 11 is 0. The van der Waals surface area contributed by atoms with E-state index in [2.05, 4.69) is 27.8 Å². The number of urea groups is 1. The van der Waals surface area contributed by atoms with Crippen molar-refractivity contribution in [2.45, 2.75) is 133 Å². The van der Waals surface area contributed by atoms with E-state index in [9.17, 15) is 40.8 Å². The van der Waals surface area contributed by atoms with Crippen LogP contribution in [0.1, 0.15) is 99.8 Å². The molecular formula is C36H59N5O9S2. The molecule has 0 bridgehead atoms. The van der Waals surface area contributed by atoms with Gasteiger partial charge >= 0.3 is 6.03 Å². The lowest BCUT2D eigenvalue weighted by Gasteiger charge is -2.41. The number of fused-ring (bicyclic) bond motifs is 1. The number of nitrogens with zero attached hydrogens (tertiary/aromatic N) is 1. The number of carbonyl (C=O) groups is 5. The third-order valence-corrected chi connectivity index (χ3v) is 17.0. The van der Waals surface area contributed by atoms with Crippen LogP contribution in [0.5, 0.6) is 0 Å². The Balaban J connectivity index is 1.63. The minimum Gasteiger partial charge on any atom is -0.346 e. The van der Waals surface area contributed by atoms with E-state index >= 15 is 0 Å². The molecular weight excluding hydrogens is 711 g/mol. The average Bonchev–Trinajstić information content (AvgIpc) is 3.87. The van der Waals surface area contributed by atoms with Crippen molar-refractivity contribution in [2.24, 2.45) is 23.2 Å². The van der Waals surface area contributed by atoms with Gasteiger partial charge in [-0.05, 0) is 77.0 Å². The number of piperidine rings is 1. The lowest BCUT2D eigenvalue weighted by molar-refractivity contribution is -0.144. The number of Topliss-reactive ketones (excluding diaryl/α,β-unsaturated/α-hetero) is 1. The SMILES string of the molecule is C=CCNC(=O)C(=O)C(CC1CC1)NC(=O)[C@@H]1[C@@H]2[C@H](CN1C(=O)[C@@H](NC(=O)NC1(CS(=O)(=O)C(C)(C)C)CCCCC1)C(C)(C)S(C)(=O)=O)C2(C)C. The van der Waals surface area contributed by atoms with Gasteiger partial charge in [0.25, 0.3) is 5.91 Å². The second-order valence-corrected chi connectivity index (χ2v) is 23.0. The monoisotopic (exact) mass is 769 g/mol. The fourth-order valence-electron chi connectivity index (χ4n) is 7.83. The van der Waals surface area contributed by atoms with Gasteiger partial charge in [0.1, 0.15) is 12.1 Å². The normalized spacial score (nSPS) is 25.2. The maximum absolute atomic E-state index is 14.6. The van der Waals surface area contributed by atoms with Crippen LogP contribution in [0.15, 0.2) is 12.7 Å². The number of sulfone groups is 2. The van der Waals surface area contributed by atoms with Gasteiger partial charge in [-0.15, -0.1) is 6.58 Å². The lowest BCUT2D eigenvalue weighted by atomic mass is 9.83. The van der Waals surface area contributed by atoms with Crippen molar-refractivity contribution in [1.82, 2.24) is 26.2 Å². The van der Waals surface area contributed by atoms with Crippen molar-refractivity contribution < 1.29 is 40.8 Å². The predicted octanol–water partition coefficient (Wildman–Crippen LogP) is 2.03. The van der Waals surface area contributed by atoms with Gasteiger partial charge in [-0.25, -0.2) is 21.6 Å². The van der Waals surface area contributed by atoms with Gasteiger partial charge in [0.2, 0.25) is 17.6 Å². The van der Waals surface area contributed by atoms with Crippen LogP contribution in [0.3, 0.4) is 0 Å². The van der Waals surface area contributed by atoms with Crippen molar-refractivity contribution in [3.8, 4) is 0 Å². The minimum absolute atomic E-state index is 0.0725. The molecule has 1 heterocycles. The number of nitrogens with one attached hydrogen (secondary N) is 4. The molecule has 0 aromatic rings. The fraction of sp³-hybridized carbons (Fsp3) is 0.806. The third kappa shape index (κ3) is 8.68. The molecule has 16 heteroatoms. The highest BCUT2D eigenvalue weighted by Crippen LogP contribution is 2.65. The van der Waals surface area contributed by atoms with Crippen molar-refractivity contribution in [3.05, 3.63) is 12.7 Å². The maximum atomic E-state index is 14.6. The number of amides is 5. The number of carbonyl (C=O) groups excluding carboxylic acids is 5. The topological polar surface area (TPSA) is 205 Å². The zero-order valence-electron chi connectivity index (χ0n) is 32.0. The van der Waals surface area contributed by atoms with Crippen molar-refractivity contribution in [1.29, 1.82) is 0 Å². The van der Waals surface area contributed by atoms with Gasteiger partial charge in [-0.1, -0.05) is 52.0 Å². The Morgan fingerprint density at radius 2 is 1.54 bits per heavy atom. The van der Waals surface area contributed by atoms with Crippen molar-refractivity contribution in [2.75, 3.05) is 25.1 Å². The van der Waals surface area contributed by atoms with Crippen LogP contribution in [0.2, 0.25) is 0 Å². The molecule has 1 saturated heterocycles. The molecule has 4 fully saturated rings. The smallest absolute Gasteiger partial charge is 0.315 e. The Kier molecular flexibility index (Phi) is 11.8. The third-order valence-electron chi connectivity index (χ3n) is 12.1. The molecule has 3 aliphatic carbocycles. The van der Waals surface area contributed by atoms with Gasteiger partial charge in [-0.2, -0.15) is 0 Å². The largest absolute Gasteiger partial charge is 0.346 e. The van der Waals surface area contributed by atoms with E-state index < -0.39 is 82.4 Å². The maximum Gasteiger partial charge on any atom is 0.315 e. The summed E-state index contributed by atoms with van der Waals surface area (Å²) in [6.07, 6.45) is 7.40. The van der Waals surface area contributed by atoms with Gasteiger partial charge in [-0.3, -0.25) is 19.2 Å². The molecule has 4 rings (SSSR count). The van der Waals surface area contributed by atoms with Crippen LogP contribution in [-0.2, 0) is 38.9 Å². The lowest BCUT2D eigenvalue weighted by Crippen LogP contribution is -2.67. The molecule has 5 atom stereocenters. The van der Waals surface area contributed by atoms with Crippen LogP contribution < -0.4 is 21.3 Å². The van der Waals surface area contributed by atoms with Crippen LogP contribution in [0.4, 0.5) is 4.79 Å². The summed E-state index contributed by atoms with van der Waals surface area (Å²) in [5.74, 6) is -3.64. The summed E-state index contributed by atoms with van der Waals surface area (Å²) in [5.41, 5.74) is -1.46. The molecule has 294 valence electrons. The van der Waals surface area contributed by atoms with E-state index in [4.69, 9.17) is 0 Å². The number of ketones is 1. The van der Waals surface area contributed by atoms with E-state index in [1.54, 1.807) is 20.8 Å². The van der Waals surface area contributed by atoms with Crippen LogP contribution >= 0.6 is 0 Å². The van der Waals surface area contributed by atoms with E-state index in [1.165, 1.54) is 24.8 Å². The van der Waals surface area contributed by atoms with Crippen LogP contribution in [0, 0.1) is 23.2 Å². The molecule has 4 aliphatic rings. The first-order valence-corrected chi connectivity index (χ1v) is 21.9. The van der Waals surface area contributed by atoms with Gasteiger partial charge in [0.15, 0.2) is 19.7 Å². The van der Waals surface area contributed by atoms with E-state index in [0.29, 0.717) is 25.7 Å². The van der Waals surface area contributed by atoms with E-state index in [-0.39, 0.29) is 48.4 Å². The number of rotatable bonds is 15. The molecule has 0 spiro atoms. The molecule has 0 radical (unpaired) electrons. The van der Waals surface area contributed by atoms with Gasteiger partial charge in [0.05, 0.1) is 26.8 Å². The minimum atomic E-state index is -4.02. The molecule has 0 aromatic carbocycles. The Labute approximate surface area is 309 Å². The zero-order chi connectivity index (χ0) is 39.2. The van der Waals surface area contributed by atoms with Crippen LogP contribution in [0.25, 0.3) is 0 Å². The van der Waals surface area contributed by atoms with Crippen molar-refractivity contribution in [3.63, 3.8) is 0 Å². The van der Waals surface area contributed by atoms with Gasteiger partial charge in [0, 0.05) is 19.3 Å². The molecule has 0 aromatic heterocycles. The molecule has 5 amide bonds. The average molecular weight is 770 g/mol. The highest BCUT2D eigenvalue weighted by atomic mass is 32.2. The predicted molar refractivity (Wildman–Crippen MR) is 197 cm³/mol. The second-order valence-electron chi connectivity index (χ2n) is 17.6.